The molecule has 3 N–H and O–H groups in total. The number of aromatic nitrogens is 2. The maximum absolute atomic E-state index is 11.7. The summed E-state index contributed by atoms with van der Waals surface area (Å²) in [7, 11) is 0. The fourth-order valence-electron chi connectivity index (χ4n) is 1.99. The lowest BCUT2D eigenvalue weighted by Gasteiger charge is -2.33. The van der Waals surface area contributed by atoms with Gasteiger partial charge in [0.25, 0.3) is 0 Å². The molecule has 0 bridgehead atoms. The Hall–Kier alpha value is -2.22. The van der Waals surface area contributed by atoms with Gasteiger partial charge in [0.05, 0.1) is 5.41 Å². The Bertz CT molecular complexity index is 474. The number of hydrogen-bond acceptors (Lipinski definition) is 5. The zero-order valence-electron chi connectivity index (χ0n) is 10.8. The van der Waals surface area contributed by atoms with E-state index in [1.54, 1.807) is 6.07 Å². The van der Waals surface area contributed by atoms with Crippen LogP contribution >= 0.6 is 0 Å². The smallest absolute Gasteiger partial charge is 0.321 e. The first-order valence-electron chi connectivity index (χ1n) is 6.25. The number of anilines is 1. The van der Waals surface area contributed by atoms with E-state index in [1.807, 2.05) is 0 Å². The molecule has 0 aromatic carbocycles. The number of nitrogens with one attached hydrogen (secondary N) is 2. The molecule has 0 unspecified atom stereocenters. The number of rotatable bonds is 4. The van der Waals surface area contributed by atoms with Gasteiger partial charge >= 0.3 is 12.0 Å². The fourth-order valence-corrected chi connectivity index (χ4v) is 1.99. The van der Waals surface area contributed by atoms with Crippen molar-refractivity contribution in [2.45, 2.75) is 12.8 Å². The standard InChI is InChI=1S/C12H16N4O4/c17-9(18)12(2-6-20-7-3-12)8-15-11(19)16-10-13-4-1-5-14-10/h1,4-5H,2-3,6-8H2,(H,17,18)(H2,13,14,15,16,19). The van der Waals surface area contributed by atoms with Crippen LogP contribution in [0.2, 0.25) is 0 Å². The Morgan fingerprint density at radius 3 is 2.55 bits per heavy atom. The summed E-state index contributed by atoms with van der Waals surface area (Å²) in [5.74, 6) is -0.751. The summed E-state index contributed by atoms with van der Waals surface area (Å²) < 4.78 is 5.17. The number of hydrogen-bond donors (Lipinski definition) is 3. The molecule has 0 radical (unpaired) electrons. The monoisotopic (exact) mass is 280 g/mol. The van der Waals surface area contributed by atoms with E-state index in [4.69, 9.17) is 4.74 Å². The predicted octanol–water partition coefficient (Wildman–Crippen LogP) is 0.479. The number of urea groups is 1. The SMILES string of the molecule is O=C(NCC1(C(=O)O)CCOCC1)Nc1ncccn1. The molecule has 1 fully saturated rings. The number of carbonyl (C=O) groups excluding carboxylic acids is 1. The van der Waals surface area contributed by atoms with E-state index >= 15 is 0 Å². The molecule has 2 heterocycles. The van der Waals surface area contributed by atoms with E-state index in [-0.39, 0.29) is 12.5 Å². The minimum Gasteiger partial charge on any atom is -0.481 e. The van der Waals surface area contributed by atoms with Crippen LogP contribution in [0.25, 0.3) is 0 Å². The van der Waals surface area contributed by atoms with Crippen molar-refractivity contribution < 1.29 is 19.4 Å². The average Bonchev–Trinajstić information content (AvgIpc) is 2.47. The van der Waals surface area contributed by atoms with Crippen molar-refractivity contribution in [3.05, 3.63) is 18.5 Å². The third-order valence-electron chi connectivity index (χ3n) is 3.28. The molecule has 0 spiro atoms. The zero-order chi connectivity index (χ0) is 14.4. The summed E-state index contributed by atoms with van der Waals surface area (Å²) in [5, 5.41) is 14.3. The molecule has 2 amide bonds. The largest absolute Gasteiger partial charge is 0.481 e. The van der Waals surface area contributed by atoms with Crippen LogP contribution in [0.15, 0.2) is 18.5 Å². The lowest BCUT2D eigenvalue weighted by Crippen LogP contribution is -2.47. The van der Waals surface area contributed by atoms with E-state index in [9.17, 15) is 14.7 Å². The number of amides is 2. The van der Waals surface area contributed by atoms with E-state index in [0.29, 0.717) is 26.1 Å². The molecule has 1 aliphatic rings. The predicted molar refractivity (Wildman–Crippen MR) is 69.2 cm³/mol. The molecular weight excluding hydrogens is 264 g/mol. The van der Waals surface area contributed by atoms with Gasteiger partial charge in [0.2, 0.25) is 5.95 Å². The molecule has 0 saturated carbocycles. The van der Waals surface area contributed by atoms with E-state index in [2.05, 4.69) is 20.6 Å². The summed E-state index contributed by atoms with van der Waals surface area (Å²) in [6.45, 7) is 0.819. The highest BCUT2D eigenvalue weighted by Crippen LogP contribution is 2.30. The second-order valence-electron chi connectivity index (χ2n) is 4.58. The van der Waals surface area contributed by atoms with Gasteiger partial charge in [-0.15, -0.1) is 0 Å². The maximum Gasteiger partial charge on any atom is 0.321 e. The number of carboxylic acid groups (broad SMARTS) is 1. The Labute approximate surface area is 115 Å². The molecule has 0 aliphatic carbocycles. The summed E-state index contributed by atoms with van der Waals surface area (Å²) in [6, 6.07) is 1.10. The molecule has 108 valence electrons. The van der Waals surface area contributed by atoms with E-state index in [0.717, 1.165) is 0 Å². The first-order valence-corrected chi connectivity index (χ1v) is 6.25. The summed E-state index contributed by atoms with van der Waals surface area (Å²) in [4.78, 5) is 30.8. The van der Waals surface area contributed by atoms with Gasteiger partial charge < -0.3 is 15.2 Å². The fraction of sp³-hybridized carbons (Fsp3) is 0.500. The van der Waals surface area contributed by atoms with Crippen LogP contribution in [-0.4, -0.2) is 46.8 Å². The van der Waals surface area contributed by atoms with Gasteiger partial charge in [0, 0.05) is 32.2 Å². The van der Waals surface area contributed by atoms with Crippen molar-refractivity contribution in [3.63, 3.8) is 0 Å². The molecular formula is C12H16N4O4. The highest BCUT2D eigenvalue weighted by molar-refractivity contribution is 5.87. The lowest BCUT2D eigenvalue weighted by atomic mass is 9.80. The first-order chi connectivity index (χ1) is 9.62. The Kier molecular flexibility index (Phi) is 4.46. The quantitative estimate of drug-likeness (QED) is 0.739. The molecule has 1 aliphatic heterocycles. The number of carbonyl (C=O) groups is 2. The molecule has 1 aromatic heterocycles. The normalized spacial score (nSPS) is 17.2. The summed E-state index contributed by atoms with van der Waals surface area (Å²) >= 11 is 0. The van der Waals surface area contributed by atoms with Gasteiger partial charge in [-0.05, 0) is 18.9 Å². The number of carboxylic acids is 1. The summed E-state index contributed by atoms with van der Waals surface area (Å²) in [6.07, 6.45) is 3.76. The van der Waals surface area contributed by atoms with Crippen molar-refractivity contribution in [1.82, 2.24) is 15.3 Å². The van der Waals surface area contributed by atoms with E-state index < -0.39 is 17.4 Å². The maximum atomic E-state index is 11.7. The van der Waals surface area contributed by atoms with Gasteiger partial charge in [-0.25, -0.2) is 14.8 Å². The van der Waals surface area contributed by atoms with Crippen LogP contribution < -0.4 is 10.6 Å². The van der Waals surface area contributed by atoms with Crippen molar-refractivity contribution in [2.24, 2.45) is 5.41 Å². The molecule has 8 heteroatoms. The van der Waals surface area contributed by atoms with Crippen molar-refractivity contribution in [1.29, 1.82) is 0 Å². The minimum absolute atomic E-state index is 0.0460. The van der Waals surface area contributed by atoms with Gasteiger partial charge in [0.1, 0.15) is 0 Å². The van der Waals surface area contributed by atoms with Gasteiger partial charge in [-0.2, -0.15) is 0 Å². The highest BCUT2D eigenvalue weighted by atomic mass is 16.5. The van der Waals surface area contributed by atoms with Gasteiger partial charge in [-0.1, -0.05) is 0 Å². The minimum atomic E-state index is -0.965. The van der Waals surface area contributed by atoms with E-state index in [1.165, 1.54) is 12.4 Å². The Morgan fingerprint density at radius 1 is 1.30 bits per heavy atom. The first kappa shape index (κ1) is 14.2. The van der Waals surface area contributed by atoms with Gasteiger partial charge in [0.15, 0.2) is 0 Å². The number of nitrogens with zero attached hydrogens (tertiary/aromatic N) is 2. The van der Waals surface area contributed by atoms with Crippen LogP contribution in [0.1, 0.15) is 12.8 Å². The van der Waals surface area contributed by atoms with Crippen LogP contribution in [0.4, 0.5) is 10.7 Å². The number of aliphatic carboxylic acids is 1. The topological polar surface area (TPSA) is 113 Å². The second-order valence-corrected chi connectivity index (χ2v) is 4.58. The molecule has 1 saturated heterocycles. The molecule has 2 rings (SSSR count). The zero-order valence-corrected chi connectivity index (χ0v) is 10.8. The van der Waals surface area contributed by atoms with Crippen LogP contribution in [0.5, 0.6) is 0 Å². The Balaban J connectivity index is 1.89. The lowest BCUT2D eigenvalue weighted by molar-refractivity contribution is -0.154. The molecule has 1 aromatic rings. The second kappa shape index (κ2) is 6.29. The van der Waals surface area contributed by atoms with Crippen LogP contribution in [0.3, 0.4) is 0 Å². The Morgan fingerprint density at radius 2 is 1.95 bits per heavy atom. The van der Waals surface area contributed by atoms with Crippen LogP contribution in [0, 0.1) is 5.41 Å². The van der Waals surface area contributed by atoms with Crippen molar-refractivity contribution in [3.8, 4) is 0 Å². The summed E-state index contributed by atoms with van der Waals surface area (Å²) in [5.41, 5.74) is -0.965. The van der Waals surface area contributed by atoms with Crippen LogP contribution in [-0.2, 0) is 9.53 Å². The number of ether oxygens (including phenoxy) is 1. The van der Waals surface area contributed by atoms with Gasteiger partial charge in [-0.3, -0.25) is 10.1 Å². The molecule has 8 nitrogen and oxygen atoms in total. The van der Waals surface area contributed by atoms with Crippen molar-refractivity contribution >= 4 is 17.9 Å². The molecule has 20 heavy (non-hydrogen) atoms. The average molecular weight is 280 g/mol. The third kappa shape index (κ3) is 3.41. The van der Waals surface area contributed by atoms with Crippen molar-refractivity contribution in [2.75, 3.05) is 25.1 Å². The highest BCUT2D eigenvalue weighted by Gasteiger charge is 2.40. The third-order valence-corrected chi connectivity index (χ3v) is 3.28. The molecule has 0 atom stereocenters.